The zero-order valence-electron chi connectivity index (χ0n) is 11.3. The summed E-state index contributed by atoms with van der Waals surface area (Å²) in [5.74, 6) is 1.60. The zero-order valence-corrected chi connectivity index (χ0v) is 12.0. The molecular weight excluding hydrogens is 246 g/mol. The SMILES string of the molecule is CCC(C)N1CCN(c2ncccc2CCl)CC1. The van der Waals surface area contributed by atoms with Crippen LogP contribution in [0.1, 0.15) is 25.8 Å². The van der Waals surface area contributed by atoms with Crippen molar-refractivity contribution in [1.29, 1.82) is 0 Å². The number of anilines is 1. The predicted molar refractivity (Wildman–Crippen MR) is 77.3 cm³/mol. The van der Waals surface area contributed by atoms with Gasteiger partial charge in [-0.15, -0.1) is 11.6 Å². The maximum atomic E-state index is 5.98. The van der Waals surface area contributed by atoms with E-state index in [0.29, 0.717) is 11.9 Å². The van der Waals surface area contributed by atoms with Crippen molar-refractivity contribution < 1.29 is 0 Å². The van der Waals surface area contributed by atoms with Crippen molar-refractivity contribution >= 4 is 17.4 Å². The Kier molecular flexibility index (Phi) is 4.84. The van der Waals surface area contributed by atoms with Crippen molar-refractivity contribution in [2.45, 2.75) is 32.2 Å². The molecule has 1 saturated heterocycles. The van der Waals surface area contributed by atoms with E-state index >= 15 is 0 Å². The normalized spacial score (nSPS) is 18.9. The van der Waals surface area contributed by atoms with Crippen LogP contribution in [-0.2, 0) is 5.88 Å². The molecule has 0 aromatic carbocycles. The molecule has 0 bridgehead atoms. The summed E-state index contributed by atoms with van der Waals surface area (Å²) < 4.78 is 0. The fourth-order valence-corrected chi connectivity index (χ4v) is 2.66. The Balaban J connectivity index is 2.01. The number of piperazine rings is 1. The van der Waals surface area contributed by atoms with E-state index in [-0.39, 0.29) is 0 Å². The first-order valence-corrected chi connectivity index (χ1v) is 7.28. The highest BCUT2D eigenvalue weighted by Gasteiger charge is 2.21. The second-order valence-electron chi connectivity index (χ2n) is 4.90. The van der Waals surface area contributed by atoms with E-state index in [1.165, 1.54) is 6.42 Å². The summed E-state index contributed by atoms with van der Waals surface area (Å²) in [6, 6.07) is 4.70. The van der Waals surface area contributed by atoms with Crippen LogP contribution in [0.25, 0.3) is 0 Å². The minimum absolute atomic E-state index is 0.536. The Morgan fingerprint density at radius 1 is 1.33 bits per heavy atom. The first-order valence-electron chi connectivity index (χ1n) is 6.75. The molecule has 0 aliphatic carbocycles. The third-order valence-corrected chi connectivity index (χ3v) is 4.13. The third-order valence-electron chi connectivity index (χ3n) is 3.84. The number of hydrogen-bond acceptors (Lipinski definition) is 3. The molecule has 3 nitrogen and oxygen atoms in total. The van der Waals surface area contributed by atoms with E-state index in [0.717, 1.165) is 37.6 Å². The summed E-state index contributed by atoms with van der Waals surface area (Å²) in [6.07, 6.45) is 3.07. The Morgan fingerprint density at radius 3 is 2.67 bits per heavy atom. The average Bonchev–Trinajstić information content (AvgIpc) is 2.46. The van der Waals surface area contributed by atoms with Gasteiger partial charge in [0.25, 0.3) is 0 Å². The van der Waals surface area contributed by atoms with E-state index < -0.39 is 0 Å². The van der Waals surface area contributed by atoms with Crippen LogP contribution < -0.4 is 4.90 Å². The summed E-state index contributed by atoms with van der Waals surface area (Å²) in [6.45, 7) is 8.89. The lowest BCUT2D eigenvalue weighted by Crippen LogP contribution is -2.49. The fourth-order valence-electron chi connectivity index (χ4n) is 2.45. The molecule has 0 saturated carbocycles. The van der Waals surface area contributed by atoms with E-state index in [2.05, 4.69) is 34.7 Å². The molecule has 0 radical (unpaired) electrons. The van der Waals surface area contributed by atoms with Crippen molar-refractivity contribution in [2.75, 3.05) is 31.1 Å². The summed E-state index contributed by atoms with van der Waals surface area (Å²) in [5, 5.41) is 0. The van der Waals surface area contributed by atoms with Gasteiger partial charge in [-0.2, -0.15) is 0 Å². The highest BCUT2D eigenvalue weighted by molar-refractivity contribution is 6.17. The molecule has 18 heavy (non-hydrogen) atoms. The van der Waals surface area contributed by atoms with Gasteiger partial charge in [0, 0.05) is 44.0 Å². The van der Waals surface area contributed by atoms with Gasteiger partial charge >= 0.3 is 0 Å². The maximum Gasteiger partial charge on any atom is 0.133 e. The molecule has 0 N–H and O–H groups in total. The minimum Gasteiger partial charge on any atom is -0.354 e. The standard InChI is InChI=1S/C14H22ClN3/c1-3-12(2)17-7-9-18(10-8-17)14-13(11-15)5-4-6-16-14/h4-6,12H,3,7-11H2,1-2H3. The third kappa shape index (κ3) is 2.96. The quantitative estimate of drug-likeness (QED) is 0.782. The molecule has 0 amide bonds. The van der Waals surface area contributed by atoms with Gasteiger partial charge in [0.15, 0.2) is 0 Å². The maximum absolute atomic E-state index is 5.98. The summed E-state index contributed by atoms with van der Waals surface area (Å²) in [7, 11) is 0. The Bertz CT molecular complexity index is 375. The molecule has 1 atom stereocenters. The number of rotatable bonds is 4. The molecule has 1 aliphatic rings. The zero-order chi connectivity index (χ0) is 13.0. The molecule has 1 aliphatic heterocycles. The van der Waals surface area contributed by atoms with Crippen molar-refractivity contribution in [1.82, 2.24) is 9.88 Å². The Hall–Kier alpha value is -0.800. The van der Waals surface area contributed by atoms with Gasteiger partial charge in [0.05, 0.1) is 5.88 Å². The lowest BCUT2D eigenvalue weighted by Gasteiger charge is -2.38. The van der Waals surface area contributed by atoms with Crippen molar-refractivity contribution in [2.24, 2.45) is 0 Å². The monoisotopic (exact) mass is 267 g/mol. The van der Waals surface area contributed by atoms with Crippen molar-refractivity contribution in [3.05, 3.63) is 23.9 Å². The summed E-state index contributed by atoms with van der Waals surface area (Å²) >= 11 is 5.98. The van der Waals surface area contributed by atoms with Gasteiger partial charge in [-0.25, -0.2) is 4.98 Å². The van der Waals surface area contributed by atoms with Crippen molar-refractivity contribution in [3.8, 4) is 0 Å². The van der Waals surface area contributed by atoms with Crippen molar-refractivity contribution in [3.63, 3.8) is 0 Å². The Morgan fingerprint density at radius 2 is 2.06 bits per heavy atom. The van der Waals surface area contributed by atoms with Gasteiger partial charge in [-0.05, 0) is 19.4 Å². The van der Waals surface area contributed by atoms with Crippen LogP contribution in [-0.4, -0.2) is 42.1 Å². The smallest absolute Gasteiger partial charge is 0.133 e. The molecule has 1 fully saturated rings. The van der Waals surface area contributed by atoms with Gasteiger partial charge in [-0.1, -0.05) is 13.0 Å². The Labute approximate surface area is 115 Å². The topological polar surface area (TPSA) is 19.4 Å². The minimum atomic E-state index is 0.536. The van der Waals surface area contributed by atoms with E-state index in [4.69, 9.17) is 11.6 Å². The number of halogens is 1. The molecular formula is C14H22ClN3. The van der Waals surface area contributed by atoms with E-state index in [1.807, 2.05) is 12.3 Å². The highest BCUT2D eigenvalue weighted by Crippen LogP contribution is 2.21. The number of pyridine rings is 1. The first-order chi connectivity index (χ1) is 8.76. The number of nitrogens with zero attached hydrogens (tertiary/aromatic N) is 3. The molecule has 1 unspecified atom stereocenters. The van der Waals surface area contributed by atoms with Gasteiger partial charge in [0.2, 0.25) is 0 Å². The van der Waals surface area contributed by atoms with E-state index in [9.17, 15) is 0 Å². The van der Waals surface area contributed by atoms with Crippen LogP contribution in [0.4, 0.5) is 5.82 Å². The van der Waals surface area contributed by atoms with Crippen LogP contribution >= 0.6 is 11.6 Å². The molecule has 2 rings (SSSR count). The van der Waals surface area contributed by atoms with Gasteiger partial charge in [0.1, 0.15) is 5.82 Å². The molecule has 4 heteroatoms. The highest BCUT2D eigenvalue weighted by atomic mass is 35.5. The van der Waals surface area contributed by atoms with Crippen LogP contribution in [0, 0.1) is 0 Å². The van der Waals surface area contributed by atoms with E-state index in [1.54, 1.807) is 0 Å². The van der Waals surface area contributed by atoms with Crippen LogP contribution in [0.2, 0.25) is 0 Å². The second kappa shape index (κ2) is 6.39. The molecule has 100 valence electrons. The lowest BCUT2D eigenvalue weighted by atomic mass is 10.2. The lowest BCUT2D eigenvalue weighted by molar-refractivity contribution is 0.192. The number of hydrogen-bond donors (Lipinski definition) is 0. The molecule has 1 aromatic heterocycles. The predicted octanol–water partition coefficient (Wildman–Crippen LogP) is 2.74. The summed E-state index contributed by atoms with van der Waals surface area (Å²) in [5.41, 5.74) is 1.14. The van der Waals surface area contributed by atoms with Crippen LogP contribution in [0.5, 0.6) is 0 Å². The molecule has 2 heterocycles. The second-order valence-corrected chi connectivity index (χ2v) is 5.17. The van der Waals surface area contributed by atoms with Gasteiger partial charge in [-0.3, -0.25) is 4.90 Å². The first kappa shape index (κ1) is 13.6. The molecule has 0 spiro atoms. The fraction of sp³-hybridized carbons (Fsp3) is 0.643. The van der Waals surface area contributed by atoms with Crippen LogP contribution in [0.3, 0.4) is 0 Å². The summed E-state index contributed by atoms with van der Waals surface area (Å²) in [4.78, 5) is 9.40. The average molecular weight is 268 g/mol. The number of alkyl halides is 1. The van der Waals surface area contributed by atoms with Gasteiger partial charge < -0.3 is 4.90 Å². The largest absolute Gasteiger partial charge is 0.354 e. The number of aromatic nitrogens is 1. The molecule has 1 aromatic rings. The van der Waals surface area contributed by atoms with Crippen LogP contribution in [0.15, 0.2) is 18.3 Å².